The predicted molar refractivity (Wildman–Crippen MR) is 69.0 cm³/mol. The molecule has 1 N–H and O–H groups in total. The highest BCUT2D eigenvalue weighted by molar-refractivity contribution is 6.31. The van der Waals surface area contributed by atoms with Crippen LogP contribution in [0.2, 0.25) is 5.02 Å². The first kappa shape index (κ1) is 13.5. The molecule has 0 fully saturated rings. The Kier molecular flexibility index (Phi) is 5.85. The fourth-order valence-electron chi connectivity index (χ4n) is 1.57. The molecule has 1 heterocycles. The zero-order valence-electron chi connectivity index (χ0n) is 10.5. The summed E-state index contributed by atoms with van der Waals surface area (Å²) < 4.78 is 1.94. The first-order valence-corrected chi connectivity index (χ1v) is 6.40. The second-order valence-corrected chi connectivity index (χ2v) is 4.90. The molecule has 1 aromatic heterocycles. The first-order valence-electron chi connectivity index (χ1n) is 6.02. The molecular formula is C12H22ClN3. The summed E-state index contributed by atoms with van der Waals surface area (Å²) in [6.07, 6.45) is 5.53. The van der Waals surface area contributed by atoms with E-state index in [2.05, 4.69) is 24.3 Å². The lowest BCUT2D eigenvalue weighted by Gasteiger charge is -2.07. The fourth-order valence-corrected chi connectivity index (χ4v) is 1.72. The lowest BCUT2D eigenvalue weighted by atomic mass is 10.2. The Labute approximate surface area is 103 Å². The minimum atomic E-state index is 0.590. The summed E-state index contributed by atoms with van der Waals surface area (Å²) in [6.45, 7) is 8.36. The molecule has 4 heteroatoms. The van der Waals surface area contributed by atoms with Crippen LogP contribution < -0.4 is 5.32 Å². The van der Waals surface area contributed by atoms with Gasteiger partial charge in [0.15, 0.2) is 0 Å². The van der Waals surface area contributed by atoms with E-state index in [9.17, 15) is 0 Å². The molecule has 1 rings (SSSR count). The molecule has 0 unspecified atom stereocenters. The van der Waals surface area contributed by atoms with E-state index in [1.54, 1.807) is 0 Å². The van der Waals surface area contributed by atoms with Gasteiger partial charge < -0.3 is 5.32 Å². The Hall–Kier alpha value is -0.540. The summed E-state index contributed by atoms with van der Waals surface area (Å²) in [7, 11) is 0. The number of nitrogens with zero attached hydrogens (tertiary/aromatic N) is 2. The van der Waals surface area contributed by atoms with Crippen LogP contribution in [0.5, 0.6) is 0 Å². The molecule has 0 aliphatic rings. The van der Waals surface area contributed by atoms with Crippen LogP contribution in [0, 0.1) is 6.92 Å². The molecule has 0 aliphatic heterocycles. The Morgan fingerprint density at radius 3 is 2.69 bits per heavy atom. The number of rotatable bonds is 7. The van der Waals surface area contributed by atoms with Crippen molar-refractivity contribution >= 4 is 11.6 Å². The maximum absolute atomic E-state index is 5.93. The van der Waals surface area contributed by atoms with Gasteiger partial charge >= 0.3 is 0 Å². The average molecular weight is 244 g/mol. The minimum Gasteiger partial charge on any atom is -0.315 e. The molecule has 16 heavy (non-hydrogen) atoms. The van der Waals surface area contributed by atoms with Crippen molar-refractivity contribution in [2.24, 2.45) is 0 Å². The quantitative estimate of drug-likeness (QED) is 0.747. The highest BCUT2D eigenvalue weighted by Crippen LogP contribution is 2.12. The van der Waals surface area contributed by atoms with Crippen LogP contribution in [0.4, 0.5) is 0 Å². The van der Waals surface area contributed by atoms with E-state index in [4.69, 9.17) is 11.6 Å². The Morgan fingerprint density at radius 2 is 2.12 bits per heavy atom. The topological polar surface area (TPSA) is 29.9 Å². The number of nitrogens with one attached hydrogen (secondary N) is 1. The lowest BCUT2D eigenvalue weighted by Crippen LogP contribution is -2.23. The van der Waals surface area contributed by atoms with Gasteiger partial charge in [-0.25, -0.2) is 0 Å². The van der Waals surface area contributed by atoms with Gasteiger partial charge in [0.05, 0.1) is 10.7 Å². The van der Waals surface area contributed by atoms with Crippen LogP contribution in [0.15, 0.2) is 6.20 Å². The van der Waals surface area contributed by atoms with Crippen molar-refractivity contribution in [3.05, 3.63) is 16.9 Å². The normalized spacial score (nSPS) is 11.3. The number of aryl methyl sites for hydroxylation is 2. The molecule has 0 amide bonds. The first-order chi connectivity index (χ1) is 7.59. The van der Waals surface area contributed by atoms with Crippen LogP contribution in [-0.2, 0) is 6.54 Å². The van der Waals surface area contributed by atoms with Crippen LogP contribution in [0.25, 0.3) is 0 Å². The van der Waals surface area contributed by atoms with Crippen LogP contribution in [0.1, 0.15) is 38.8 Å². The van der Waals surface area contributed by atoms with Crippen molar-refractivity contribution in [3.63, 3.8) is 0 Å². The predicted octanol–water partition coefficient (Wildman–Crippen LogP) is 3.01. The largest absolute Gasteiger partial charge is 0.315 e. The summed E-state index contributed by atoms with van der Waals surface area (Å²) in [5, 5.41) is 8.50. The second kappa shape index (κ2) is 6.92. The van der Waals surface area contributed by atoms with Gasteiger partial charge in [0, 0.05) is 18.8 Å². The number of aromatic nitrogens is 2. The number of halogens is 1. The van der Waals surface area contributed by atoms with E-state index in [1.165, 1.54) is 12.8 Å². The third-order valence-corrected chi connectivity index (χ3v) is 2.87. The van der Waals surface area contributed by atoms with Crippen molar-refractivity contribution in [3.8, 4) is 0 Å². The average Bonchev–Trinajstić information content (AvgIpc) is 2.52. The SMILES string of the molecule is Cc1nn(CCCCCNC(C)C)cc1Cl. The van der Waals surface area contributed by atoms with Crippen LogP contribution in [0.3, 0.4) is 0 Å². The zero-order chi connectivity index (χ0) is 12.0. The standard InChI is InChI=1S/C12H22ClN3/c1-10(2)14-7-5-4-6-8-16-9-12(13)11(3)15-16/h9-10,14H,4-8H2,1-3H3. The molecular weight excluding hydrogens is 222 g/mol. The zero-order valence-corrected chi connectivity index (χ0v) is 11.2. The van der Waals surface area contributed by atoms with E-state index in [0.717, 1.165) is 30.2 Å². The van der Waals surface area contributed by atoms with Gasteiger partial charge in [0.25, 0.3) is 0 Å². The van der Waals surface area contributed by atoms with E-state index < -0.39 is 0 Å². The second-order valence-electron chi connectivity index (χ2n) is 4.50. The van der Waals surface area contributed by atoms with Gasteiger partial charge in [-0.05, 0) is 26.3 Å². The van der Waals surface area contributed by atoms with Gasteiger partial charge in [-0.15, -0.1) is 0 Å². The fraction of sp³-hybridized carbons (Fsp3) is 0.750. The van der Waals surface area contributed by atoms with E-state index in [0.29, 0.717) is 6.04 Å². The summed E-state index contributed by atoms with van der Waals surface area (Å²) in [4.78, 5) is 0. The number of hydrogen-bond donors (Lipinski definition) is 1. The molecule has 1 aromatic rings. The molecule has 0 radical (unpaired) electrons. The van der Waals surface area contributed by atoms with Gasteiger partial charge in [-0.3, -0.25) is 4.68 Å². The maximum Gasteiger partial charge on any atom is 0.0814 e. The molecule has 3 nitrogen and oxygen atoms in total. The van der Waals surface area contributed by atoms with Gasteiger partial charge in [0.1, 0.15) is 0 Å². The summed E-state index contributed by atoms with van der Waals surface area (Å²) >= 11 is 5.93. The number of hydrogen-bond acceptors (Lipinski definition) is 2. The monoisotopic (exact) mass is 243 g/mol. The smallest absolute Gasteiger partial charge is 0.0814 e. The molecule has 0 saturated carbocycles. The van der Waals surface area contributed by atoms with Gasteiger partial charge in [-0.1, -0.05) is 31.9 Å². The molecule has 0 aromatic carbocycles. The van der Waals surface area contributed by atoms with Crippen molar-refractivity contribution < 1.29 is 0 Å². The van der Waals surface area contributed by atoms with Gasteiger partial charge in [0.2, 0.25) is 0 Å². The lowest BCUT2D eigenvalue weighted by molar-refractivity contribution is 0.510. The molecule has 0 saturated heterocycles. The molecule has 0 atom stereocenters. The van der Waals surface area contributed by atoms with Crippen LogP contribution in [-0.4, -0.2) is 22.4 Å². The van der Waals surface area contributed by atoms with Crippen molar-refractivity contribution in [2.45, 2.75) is 52.6 Å². The van der Waals surface area contributed by atoms with Crippen molar-refractivity contribution in [1.29, 1.82) is 0 Å². The molecule has 92 valence electrons. The van der Waals surface area contributed by atoms with E-state index in [1.807, 2.05) is 17.8 Å². The summed E-state index contributed by atoms with van der Waals surface area (Å²) in [5.41, 5.74) is 0.920. The van der Waals surface area contributed by atoms with Gasteiger partial charge in [-0.2, -0.15) is 5.10 Å². The molecule has 0 aliphatic carbocycles. The maximum atomic E-state index is 5.93. The Bertz CT molecular complexity index is 288. The third kappa shape index (κ3) is 4.99. The van der Waals surface area contributed by atoms with E-state index in [-0.39, 0.29) is 0 Å². The minimum absolute atomic E-state index is 0.590. The van der Waals surface area contributed by atoms with Crippen molar-refractivity contribution in [2.75, 3.05) is 6.54 Å². The van der Waals surface area contributed by atoms with Crippen LogP contribution >= 0.6 is 11.6 Å². The molecule has 0 spiro atoms. The Morgan fingerprint density at radius 1 is 1.38 bits per heavy atom. The highest BCUT2D eigenvalue weighted by Gasteiger charge is 2.01. The third-order valence-electron chi connectivity index (χ3n) is 2.50. The summed E-state index contributed by atoms with van der Waals surface area (Å²) in [6, 6.07) is 0.590. The highest BCUT2D eigenvalue weighted by atomic mass is 35.5. The van der Waals surface area contributed by atoms with E-state index >= 15 is 0 Å². The van der Waals surface area contributed by atoms with Crippen molar-refractivity contribution in [1.82, 2.24) is 15.1 Å². The number of unbranched alkanes of at least 4 members (excludes halogenated alkanes) is 2. The summed E-state index contributed by atoms with van der Waals surface area (Å²) in [5.74, 6) is 0. The Balaban J connectivity index is 2.07. The molecule has 0 bridgehead atoms.